The number of nitrogens with two attached hydrogens (primary N) is 1. The lowest BCUT2D eigenvalue weighted by Gasteiger charge is -2.33. The molecule has 1 saturated carbocycles. The summed E-state index contributed by atoms with van der Waals surface area (Å²) in [5.74, 6) is 6.71. The Balaban J connectivity index is 2.03. The van der Waals surface area contributed by atoms with Gasteiger partial charge in [-0.3, -0.25) is 11.3 Å². The second-order valence-corrected chi connectivity index (χ2v) is 6.16. The van der Waals surface area contributed by atoms with Crippen LogP contribution in [0.1, 0.15) is 38.2 Å². The summed E-state index contributed by atoms with van der Waals surface area (Å²) in [5, 5.41) is 0.185. The lowest BCUT2D eigenvalue weighted by Crippen LogP contribution is -2.43. The van der Waals surface area contributed by atoms with E-state index < -0.39 is 0 Å². The van der Waals surface area contributed by atoms with Crippen LogP contribution in [0.15, 0.2) is 18.2 Å². The number of hydrogen-bond acceptors (Lipinski definition) is 2. The average Bonchev–Trinajstić information content (AvgIpc) is 2.40. The summed E-state index contributed by atoms with van der Waals surface area (Å²) in [6.45, 7) is 2.30. The van der Waals surface area contributed by atoms with Gasteiger partial charge in [-0.2, -0.15) is 0 Å². The molecule has 2 nitrogen and oxygen atoms in total. The molecule has 0 saturated heterocycles. The summed E-state index contributed by atoms with van der Waals surface area (Å²) in [7, 11) is 0. The Morgan fingerprint density at radius 3 is 2.89 bits per heavy atom. The number of hydrazine groups is 1. The molecule has 0 spiro atoms. The fourth-order valence-corrected chi connectivity index (χ4v) is 3.33. The summed E-state index contributed by atoms with van der Waals surface area (Å²) in [6.07, 6.45) is 5.82. The molecule has 4 heteroatoms. The molecule has 1 aliphatic carbocycles. The van der Waals surface area contributed by atoms with E-state index >= 15 is 0 Å². The SMILES string of the molecule is CC1CCCC(C(Cc2ccc(F)c(Cl)c2)NN)C1. The van der Waals surface area contributed by atoms with Crippen LogP contribution in [0.2, 0.25) is 5.02 Å². The molecule has 1 aromatic carbocycles. The van der Waals surface area contributed by atoms with E-state index in [-0.39, 0.29) is 16.9 Å². The third-order valence-corrected chi connectivity index (χ3v) is 4.49. The second-order valence-electron chi connectivity index (χ2n) is 5.76. The van der Waals surface area contributed by atoms with Crippen LogP contribution in [-0.2, 0) is 6.42 Å². The molecule has 1 aliphatic rings. The van der Waals surface area contributed by atoms with Gasteiger partial charge in [0.25, 0.3) is 0 Å². The van der Waals surface area contributed by atoms with E-state index in [9.17, 15) is 4.39 Å². The van der Waals surface area contributed by atoms with Gasteiger partial charge in [0.1, 0.15) is 5.82 Å². The van der Waals surface area contributed by atoms with Crippen molar-refractivity contribution in [3.8, 4) is 0 Å². The van der Waals surface area contributed by atoms with E-state index in [1.54, 1.807) is 12.1 Å². The first-order valence-corrected chi connectivity index (χ1v) is 7.38. The Morgan fingerprint density at radius 2 is 2.26 bits per heavy atom. The first kappa shape index (κ1) is 14.8. The van der Waals surface area contributed by atoms with Crippen molar-refractivity contribution in [1.29, 1.82) is 0 Å². The normalized spacial score (nSPS) is 25.3. The summed E-state index contributed by atoms with van der Waals surface area (Å²) in [4.78, 5) is 0. The van der Waals surface area contributed by atoms with Crippen molar-refractivity contribution in [2.45, 2.75) is 45.1 Å². The number of rotatable bonds is 4. The molecule has 0 bridgehead atoms. The van der Waals surface area contributed by atoms with Crippen LogP contribution in [0.5, 0.6) is 0 Å². The van der Waals surface area contributed by atoms with Gasteiger partial charge in [0.05, 0.1) is 5.02 Å². The first-order chi connectivity index (χ1) is 9.10. The standard InChI is InChI=1S/C15H22ClFN2/c1-10-3-2-4-12(7-10)15(19-18)9-11-5-6-14(17)13(16)8-11/h5-6,8,10,12,15,19H,2-4,7,9,18H2,1H3. The minimum absolute atomic E-state index is 0.185. The fraction of sp³-hybridized carbons (Fsp3) is 0.600. The minimum Gasteiger partial charge on any atom is -0.271 e. The molecule has 1 aromatic rings. The van der Waals surface area contributed by atoms with E-state index in [0.717, 1.165) is 17.9 Å². The quantitative estimate of drug-likeness (QED) is 0.654. The van der Waals surface area contributed by atoms with Gasteiger partial charge >= 0.3 is 0 Å². The summed E-state index contributed by atoms with van der Waals surface area (Å²) < 4.78 is 13.2. The molecule has 3 N–H and O–H groups in total. The van der Waals surface area contributed by atoms with Gasteiger partial charge in [-0.15, -0.1) is 0 Å². The molecule has 0 aliphatic heterocycles. The van der Waals surface area contributed by atoms with Crippen molar-refractivity contribution < 1.29 is 4.39 Å². The maximum absolute atomic E-state index is 13.2. The molecule has 0 aromatic heterocycles. The van der Waals surface area contributed by atoms with Gasteiger partial charge in [-0.1, -0.05) is 37.4 Å². The second kappa shape index (κ2) is 6.69. The Labute approximate surface area is 119 Å². The highest BCUT2D eigenvalue weighted by molar-refractivity contribution is 6.30. The van der Waals surface area contributed by atoms with Crippen LogP contribution >= 0.6 is 11.6 Å². The molecule has 0 heterocycles. The van der Waals surface area contributed by atoms with Crippen LogP contribution in [0.25, 0.3) is 0 Å². The third kappa shape index (κ3) is 3.91. The average molecular weight is 285 g/mol. The molecular formula is C15H22ClFN2. The van der Waals surface area contributed by atoms with Crippen molar-refractivity contribution in [2.75, 3.05) is 0 Å². The fourth-order valence-electron chi connectivity index (χ4n) is 3.13. The van der Waals surface area contributed by atoms with Crippen molar-refractivity contribution in [3.63, 3.8) is 0 Å². The van der Waals surface area contributed by atoms with E-state index in [1.807, 2.05) is 0 Å². The Kier molecular flexibility index (Phi) is 5.20. The van der Waals surface area contributed by atoms with Gasteiger partial charge < -0.3 is 0 Å². The van der Waals surface area contributed by atoms with Crippen LogP contribution in [0.3, 0.4) is 0 Å². The molecule has 3 unspecified atom stereocenters. The van der Waals surface area contributed by atoms with E-state index in [2.05, 4.69) is 12.3 Å². The van der Waals surface area contributed by atoms with Gasteiger partial charge in [-0.05, 0) is 48.8 Å². The Morgan fingerprint density at radius 1 is 1.47 bits per heavy atom. The predicted molar refractivity (Wildman–Crippen MR) is 77.3 cm³/mol. The van der Waals surface area contributed by atoms with Crippen molar-refractivity contribution >= 4 is 11.6 Å². The topological polar surface area (TPSA) is 38.0 Å². The summed E-state index contributed by atoms with van der Waals surface area (Å²) in [5.41, 5.74) is 3.97. The molecule has 1 fully saturated rings. The highest BCUT2D eigenvalue weighted by Gasteiger charge is 2.26. The predicted octanol–water partition coefficient (Wildman–Crippen LogP) is 3.68. The van der Waals surface area contributed by atoms with Crippen LogP contribution < -0.4 is 11.3 Å². The summed E-state index contributed by atoms with van der Waals surface area (Å²) >= 11 is 5.82. The van der Waals surface area contributed by atoms with Crippen molar-refractivity contribution in [1.82, 2.24) is 5.43 Å². The molecule has 19 heavy (non-hydrogen) atoms. The zero-order valence-electron chi connectivity index (χ0n) is 11.3. The molecule has 2 rings (SSSR count). The van der Waals surface area contributed by atoms with Crippen LogP contribution in [-0.4, -0.2) is 6.04 Å². The third-order valence-electron chi connectivity index (χ3n) is 4.20. The molecule has 0 radical (unpaired) electrons. The first-order valence-electron chi connectivity index (χ1n) is 7.00. The van der Waals surface area contributed by atoms with Crippen molar-refractivity contribution in [3.05, 3.63) is 34.6 Å². The van der Waals surface area contributed by atoms with Crippen LogP contribution in [0, 0.1) is 17.7 Å². The molecule has 0 amide bonds. The van der Waals surface area contributed by atoms with E-state index in [0.29, 0.717) is 5.92 Å². The van der Waals surface area contributed by atoms with Crippen LogP contribution in [0.4, 0.5) is 4.39 Å². The zero-order valence-corrected chi connectivity index (χ0v) is 12.1. The maximum atomic E-state index is 13.2. The molecule has 3 atom stereocenters. The van der Waals surface area contributed by atoms with Gasteiger partial charge in [0.15, 0.2) is 0 Å². The van der Waals surface area contributed by atoms with Crippen molar-refractivity contribution in [2.24, 2.45) is 17.7 Å². The highest BCUT2D eigenvalue weighted by atomic mass is 35.5. The number of benzene rings is 1. The van der Waals surface area contributed by atoms with Gasteiger partial charge in [0.2, 0.25) is 0 Å². The largest absolute Gasteiger partial charge is 0.271 e. The highest BCUT2D eigenvalue weighted by Crippen LogP contribution is 2.32. The monoisotopic (exact) mass is 284 g/mol. The van der Waals surface area contributed by atoms with E-state index in [4.69, 9.17) is 17.4 Å². The smallest absolute Gasteiger partial charge is 0.141 e. The Bertz CT molecular complexity index is 425. The Hall–Kier alpha value is -0.640. The number of hydrogen-bond donors (Lipinski definition) is 2. The molecular weight excluding hydrogens is 263 g/mol. The van der Waals surface area contributed by atoms with E-state index in [1.165, 1.54) is 31.7 Å². The van der Waals surface area contributed by atoms with Gasteiger partial charge in [0, 0.05) is 6.04 Å². The lowest BCUT2D eigenvalue weighted by atomic mass is 9.77. The lowest BCUT2D eigenvalue weighted by molar-refractivity contribution is 0.222. The number of halogens is 2. The molecule has 106 valence electrons. The summed E-state index contributed by atoms with van der Waals surface area (Å²) in [6, 6.07) is 5.16. The zero-order chi connectivity index (χ0) is 13.8. The maximum Gasteiger partial charge on any atom is 0.141 e. The number of nitrogens with one attached hydrogen (secondary N) is 1. The minimum atomic E-state index is -0.367. The van der Waals surface area contributed by atoms with Gasteiger partial charge in [-0.25, -0.2) is 4.39 Å².